The lowest BCUT2D eigenvalue weighted by molar-refractivity contribution is -0.121. The van der Waals surface area contributed by atoms with Gasteiger partial charge in [0.1, 0.15) is 42.1 Å². The predicted octanol–water partition coefficient (Wildman–Crippen LogP) is 8.47. The van der Waals surface area contributed by atoms with Crippen molar-refractivity contribution < 1.29 is 28.5 Å². The van der Waals surface area contributed by atoms with Crippen LogP contribution < -0.4 is 14.8 Å². The van der Waals surface area contributed by atoms with Crippen LogP contribution >= 0.6 is 23.2 Å². The molecule has 4 aromatic carbocycles. The number of allylic oxidation sites excluding steroid dienone is 1. The van der Waals surface area contributed by atoms with Gasteiger partial charge in [-0.15, -0.1) is 20.4 Å². The maximum absolute atomic E-state index is 13.4. The third-order valence-corrected chi connectivity index (χ3v) is 12.0. The summed E-state index contributed by atoms with van der Waals surface area (Å²) in [5.41, 5.74) is 8.91. The number of carbonyl (C=O) groups is 1. The first-order chi connectivity index (χ1) is 31.7. The van der Waals surface area contributed by atoms with Crippen LogP contribution in [-0.2, 0) is 25.5 Å². The average Bonchev–Trinajstić information content (AvgIpc) is 3.84. The van der Waals surface area contributed by atoms with Gasteiger partial charge in [0.05, 0.1) is 63.8 Å². The molecule has 1 atom stereocenters. The summed E-state index contributed by atoms with van der Waals surface area (Å²) in [4.78, 5) is 18.3. The summed E-state index contributed by atoms with van der Waals surface area (Å²) in [5.74, 6) is 4.27. The van der Waals surface area contributed by atoms with E-state index in [2.05, 4.69) is 43.3 Å². The Hall–Kier alpha value is -5.90. The summed E-state index contributed by atoms with van der Waals surface area (Å²) >= 11 is 12.5. The zero-order valence-corrected chi connectivity index (χ0v) is 38.5. The Labute approximate surface area is 388 Å². The number of rotatable bonds is 18. The summed E-state index contributed by atoms with van der Waals surface area (Å²) < 4.78 is 33.1. The fourth-order valence-corrected chi connectivity index (χ4v) is 8.54. The van der Waals surface area contributed by atoms with Crippen molar-refractivity contribution in [1.82, 2.24) is 34.8 Å². The van der Waals surface area contributed by atoms with Crippen molar-refractivity contribution in [3.8, 4) is 22.9 Å². The van der Waals surface area contributed by atoms with Crippen molar-refractivity contribution in [3.05, 3.63) is 146 Å². The number of aliphatic imine (C=N–C) groups is 1. The van der Waals surface area contributed by atoms with Crippen molar-refractivity contribution in [2.45, 2.75) is 52.5 Å². The van der Waals surface area contributed by atoms with Crippen molar-refractivity contribution in [3.63, 3.8) is 0 Å². The number of nitrogens with zero attached hydrogens (tertiary/aromatic N) is 7. The molecular formula is C49H52Cl2N8O6. The average molecular weight is 920 g/mol. The molecule has 2 aromatic heterocycles. The molecule has 6 aromatic rings. The lowest BCUT2D eigenvalue weighted by Gasteiger charge is -2.19. The van der Waals surface area contributed by atoms with Gasteiger partial charge in [-0.2, -0.15) is 0 Å². The number of halogens is 2. The van der Waals surface area contributed by atoms with Gasteiger partial charge in [0.15, 0.2) is 5.82 Å². The van der Waals surface area contributed by atoms with Crippen LogP contribution in [-0.4, -0.2) is 101 Å². The number of ether oxygens (including phenoxy) is 5. The first kappa shape index (κ1) is 45.7. The van der Waals surface area contributed by atoms with Crippen LogP contribution in [0.1, 0.15) is 77.7 Å². The SMILES string of the molecule is COc1ccc2c(c1)C(c1ccc(Cl)cc1)=C(C)CCC(CC(=O)NCCOCCOCCOCCOc1ccc3c(c1)C(c1ccc(Cl)cc1)=NCc1nnc(C)n1-3)c1nnc(C)n1-2. The number of benzene rings is 4. The summed E-state index contributed by atoms with van der Waals surface area (Å²) in [6.07, 6.45) is 1.73. The molecule has 1 N–H and O–H groups in total. The second kappa shape index (κ2) is 21.4. The number of fused-ring (bicyclic) bond motifs is 6. The van der Waals surface area contributed by atoms with Gasteiger partial charge in [-0.3, -0.25) is 18.9 Å². The molecule has 0 saturated heterocycles. The number of aryl methyl sites for hydroxylation is 2. The van der Waals surface area contributed by atoms with Gasteiger partial charge >= 0.3 is 0 Å². The smallest absolute Gasteiger partial charge is 0.220 e. The number of nitrogens with one attached hydrogen (secondary N) is 1. The third kappa shape index (κ3) is 10.8. The van der Waals surface area contributed by atoms with Crippen LogP contribution in [0.3, 0.4) is 0 Å². The van der Waals surface area contributed by atoms with Crippen LogP contribution in [0.2, 0.25) is 10.0 Å². The first-order valence-corrected chi connectivity index (χ1v) is 22.5. The fraction of sp³-hybridized carbons (Fsp3) is 0.347. The van der Waals surface area contributed by atoms with Crippen LogP contribution in [0.4, 0.5) is 0 Å². The van der Waals surface area contributed by atoms with E-state index in [1.54, 1.807) is 7.11 Å². The highest BCUT2D eigenvalue weighted by atomic mass is 35.5. The highest BCUT2D eigenvalue weighted by Crippen LogP contribution is 2.40. The zero-order valence-electron chi connectivity index (χ0n) is 37.0. The Balaban J connectivity index is 0.757. The molecule has 0 spiro atoms. The molecule has 14 nitrogen and oxygen atoms in total. The van der Waals surface area contributed by atoms with Gasteiger partial charge in [-0.1, -0.05) is 53.0 Å². The summed E-state index contributed by atoms with van der Waals surface area (Å²) in [7, 11) is 1.67. The first-order valence-electron chi connectivity index (χ1n) is 21.7. The summed E-state index contributed by atoms with van der Waals surface area (Å²) in [6, 6.07) is 27.5. The molecule has 0 fully saturated rings. The molecule has 65 heavy (non-hydrogen) atoms. The zero-order chi connectivity index (χ0) is 45.3. The minimum Gasteiger partial charge on any atom is -0.497 e. The summed E-state index contributed by atoms with van der Waals surface area (Å²) in [6.45, 7) is 9.55. The van der Waals surface area contributed by atoms with Crippen molar-refractivity contribution in [1.29, 1.82) is 0 Å². The Morgan fingerprint density at radius 1 is 0.692 bits per heavy atom. The van der Waals surface area contributed by atoms with E-state index in [-0.39, 0.29) is 18.2 Å². The highest BCUT2D eigenvalue weighted by Gasteiger charge is 2.29. The number of aromatic nitrogens is 6. The third-order valence-electron chi connectivity index (χ3n) is 11.4. The lowest BCUT2D eigenvalue weighted by atomic mass is 9.89. The molecule has 16 heteroatoms. The minimum atomic E-state index is -0.166. The number of carbonyl (C=O) groups excluding carboxylic acids is 1. The Morgan fingerprint density at radius 2 is 1.29 bits per heavy atom. The van der Waals surface area contributed by atoms with Gasteiger partial charge in [0, 0.05) is 45.6 Å². The van der Waals surface area contributed by atoms with Crippen molar-refractivity contribution in [2.75, 3.05) is 59.9 Å². The van der Waals surface area contributed by atoms with Crippen molar-refractivity contribution in [2.24, 2.45) is 4.99 Å². The van der Waals surface area contributed by atoms with Crippen LogP contribution in [0, 0.1) is 13.8 Å². The van der Waals surface area contributed by atoms with E-state index in [9.17, 15) is 4.79 Å². The topological polar surface area (TPSA) is 149 Å². The molecule has 0 radical (unpaired) electrons. The van der Waals surface area contributed by atoms with Gasteiger partial charge < -0.3 is 29.0 Å². The number of hydrogen-bond acceptors (Lipinski definition) is 11. The highest BCUT2D eigenvalue weighted by molar-refractivity contribution is 6.31. The van der Waals surface area contributed by atoms with Gasteiger partial charge in [-0.05, 0) is 105 Å². The quantitative estimate of drug-likeness (QED) is 0.0833. The van der Waals surface area contributed by atoms with E-state index in [0.717, 1.165) is 80.4 Å². The maximum Gasteiger partial charge on any atom is 0.220 e. The molecular weight excluding hydrogens is 867 g/mol. The fourth-order valence-electron chi connectivity index (χ4n) is 8.28. The Morgan fingerprint density at radius 3 is 2.00 bits per heavy atom. The molecule has 0 aliphatic carbocycles. The molecule has 4 heterocycles. The predicted molar refractivity (Wildman–Crippen MR) is 250 cm³/mol. The molecule has 0 saturated carbocycles. The normalized spacial score (nSPS) is 14.5. The molecule has 1 amide bonds. The number of amides is 1. The van der Waals surface area contributed by atoms with E-state index in [0.29, 0.717) is 81.6 Å². The number of hydrogen-bond donors (Lipinski definition) is 1. The standard InChI is InChI=1S/C49H52Cl2N8O6/c1-31-5-6-36(49-57-55-33(3)59(49)43-17-15-39(61-4)28-41(43)47(31)34-7-11-37(50)12-8-34)27-46(60)52-19-20-62-21-22-63-23-24-64-25-26-65-40-16-18-44-42(29-40)48(35-9-13-38(51)14-10-35)53-30-45-56-54-32(2)58(44)45/h7-18,28-29,36H,5-6,19-27,30H2,1-4H3,(H,52,60). The maximum atomic E-state index is 13.4. The molecule has 8 rings (SSSR count). The van der Waals surface area contributed by atoms with E-state index in [4.69, 9.17) is 51.9 Å². The van der Waals surface area contributed by atoms with Gasteiger partial charge in [0.2, 0.25) is 5.91 Å². The second-order valence-electron chi connectivity index (χ2n) is 15.8. The minimum absolute atomic E-state index is 0.0729. The van der Waals surface area contributed by atoms with Gasteiger partial charge in [-0.25, -0.2) is 0 Å². The van der Waals surface area contributed by atoms with E-state index in [1.807, 2.05) is 97.3 Å². The van der Waals surface area contributed by atoms with Crippen molar-refractivity contribution >= 4 is 40.4 Å². The molecule has 338 valence electrons. The van der Waals surface area contributed by atoms with E-state index >= 15 is 0 Å². The van der Waals surface area contributed by atoms with Crippen LogP contribution in [0.5, 0.6) is 11.5 Å². The Kier molecular flexibility index (Phi) is 15.0. The number of methoxy groups -OCH3 is 1. The van der Waals surface area contributed by atoms with E-state index < -0.39 is 0 Å². The molecule has 2 aliphatic heterocycles. The van der Waals surface area contributed by atoms with Crippen LogP contribution in [0.25, 0.3) is 16.9 Å². The molecule has 2 aliphatic rings. The van der Waals surface area contributed by atoms with E-state index in [1.165, 1.54) is 5.57 Å². The monoisotopic (exact) mass is 918 g/mol. The molecule has 1 unspecified atom stereocenters. The van der Waals surface area contributed by atoms with Gasteiger partial charge in [0.25, 0.3) is 0 Å². The lowest BCUT2D eigenvalue weighted by Crippen LogP contribution is -2.29. The second-order valence-corrected chi connectivity index (χ2v) is 16.7. The molecule has 0 bridgehead atoms. The summed E-state index contributed by atoms with van der Waals surface area (Å²) in [5, 5.41) is 22.1. The largest absolute Gasteiger partial charge is 0.497 e. The Bertz CT molecular complexity index is 2680. The van der Waals surface area contributed by atoms with Crippen LogP contribution in [0.15, 0.2) is 95.5 Å².